The summed E-state index contributed by atoms with van der Waals surface area (Å²) in [6.45, 7) is 9.43. The molecule has 0 aromatic carbocycles. The van der Waals surface area contributed by atoms with Crippen LogP contribution in [0.1, 0.15) is 40.5 Å². The lowest BCUT2D eigenvalue weighted by molar-refractivity contribution is -0.132. The molecule has 1 saturated carbocycles. The highest BCUT2D eigenvalue weighted by atomic mass is 16.5. The van der Waals surface area contributed by atoms with Crippen molar-refractivity contribution in [1.29, 1.82) is 0 Å². The van der Waals surface area contributed by atoms with Crippen LogP contribution in [-0.2, 0) is 9.53 Å². The topological polar surface area (TPSA) is 49.8 Å². The third-order valence-corrected chi connectivity index (χ3v) is 4.54. The van der Waals surface area contributed by atoms with Crippen LogP contribution in [0.4, 0.5) is 0 Å². The molecule has 19 heavy (non-hydrogen) atoms. The van der Waals surface area contributed by atoms with Gasteiger partial charge in [-0.1, -0.05) is 0 Å². The quantitative estimate of drug-likeness (QED) is 0.839. The third-order valence-electron chi connectivity index (χ3n) is 4.54. The Balaban J connectivity index is 1.92. The number of carbonyl (C=O) groups is 1. The highest BCUT2D eigenvalue weighted by molar-refractivity contribution is 5.91. The Labute approximate surface area is 116 Å². The van der Waals surface area contributed by atoms with Crippen LogP contribution in [0.2, 0.25) is 0 Å². The molecule has 0 spiro atoms. The lowest BCUT2D eigenvalue weighted by Crippen LogP contribution is -2.43. The summed E-state index contributed by atoms with van der Waals surface area (Å²) in [5, 5.41) is 9.32. The van der Waals surface area contributed by atoms with Crippen LogP contribution in [0.3, 0.4) is 0 Å². The largest absolute Gasteiger partial charge is 0.393 e. The lowest BCUT2D eigenvalue weighted by atomic mass is 9.81. The molecule has 0 aromatic heterocycles. The first-order valence-electron chi connectivity index (χ1n) is 7.23. The van der Waals surface area contributed by atoms with Gasteiger partial charge in [0.15, 0.2) is 5.78 Å². The summed E-state index contributed by atoms with van der Waals surface area (Å²) in [6, 6.07) is 0. The van der Waals surface area contributed by atoms with Crippen molar-refractivity contribution in [2.24, 2.45) is 11.8 Å². The fourth-order valence-corrected chi connectivity index (χ4v) is 3.49. The number of ketones is 1. The van der Waals surface area contributed by atoms with Crippen molar-refractivity contribution >= 4 is 5.78 Å². The SMILES string of the molecule is CN(CC1CC(O)C1)CC1C(=O)C(C)(C)OC1(C)C. The van der Waals surface area contributed by atoms with Crippen LogP contribution in [0.15, 0.2) is 0 Å². The van der Waals surface area contributed by atoms with Crippen LogP contribution >= 0.6 is 0 Å². The highest BCUT2D eigenvalue weighted by Gasteiger charge is 2.53. The van der Waals surface area contributed by atoms with Gasteiger partial charge in [0.05, 0.1) is 17.6 Å². The molecule has 2 fully saturated rings. The molecule has 1 aliphatic heterocycles. The smallest absolute Gasteiger partial charge is 0.171 e. The van der Waals surface area contributed by atoms with E-state index in [1.54, 1.807) is 0 Å². The van der Waals surface area contributed by atoms with Gasteiger partial charge in [0, 0.05) is 13.1 Å². The number of aliphatic hydroxyl groups is 1. The minimum absolute atomic E-state index is 0.0718. The summed E-state index contributed by atoms with van der Waals surface area (Å²) in [4.78, 5) is 14.6. The normalized spacial score (nSPS) is 36.6. The van der Waals surface area contributed by atoms with Crippen LogP contribution in [0.25, 0.3) is 0 Å². The first kappa shape index (κ1) is 14.9. The monoisotopic (exact) mass is 269 g/mol. The number of rotatable bonds is 4. The van der Waals surface area contributed by atoms with Gasteiger partial charge in [0.2, 0.25) is 0 Å². The predicted molar refractivity (Wildman–Crippen MR) is 74.0 cm³/mol. The lowest BCUT2D eigenvalue weighted by Gasteiger charge is -2.36. The van der Waals surface area contributed by atoms with Gasteiger partial charge in [-0.05, 0) is 53.5 Å². The molecule has 1 aliphatic carbocycles. The zero-order chi connectivity index (χ0) is 14.4. The maximum absolute atomic E-state index is 12.4. The minimum Gasteiger partial charge on any atom is -0.393 e. The fourth-order valence-electron chi connectivity index (χ4n) is 3.49. The molecule has 1 unspecified atom stereocenters. The van der Waals surface area contributed by atoms with E-state index < -0.39 is 11.2 Å². The van der Waals surface area contributed by atoms with E-state index in [-0.39, 0.29) is 17.8 Å². The molecule has 4 heteroatoms. The van der Waals surface area contributed by atoms with Crippen LogP contribution in [-0.4, -0.2) is 53.2 Å². The van der Waals surface area contributed by atoms with Gasteiger partial charge in [-0.3, -0.25) is 4.79 Å². The van der Waals surface area contributed by atoms with Gasteiger partial charge in [-0.25, -0.2) is 0 Å². The van der Waals surface area contributed by atoms with E-state index in [1.807, 2.05) is 27.7 Å². The molecule has 0 amide bonds. The molecule has 1 heterocycles. The number of Topliss-reactive ketones (excluding diaryl/α,β-unsaturated/α-hetero) is 1. The first-order chi connectivity index (χ1) is 8.62. The van der Waals surface area contributed by atoms with Crippen molar-refractivity contribution in [3.8, 4) is 0 Å². The fraction of sp³-hybridized carbons (Fsp3) is 0.933. The van der Waals surface area contributed by atoms with E-state index in [0.29, 0.717) is 5.92 Å². The molecule has 2 rings (SSSR count). The van der Waals surface area contributed by atoms with Crippen molar-refractivity contribution in [3.63, 3.8) is 0 Å². The van der Waals surface area contributed by atoms with E-state index >= 15 is 0 Å². The Morgan fingerprint density at radius 3 is 2.26 bits per heavy atom. The molecule has 1 atom stereocenters. The van der Waals surface area contributed by atoms with E-state index in [4.69, 9.17) is 4.74 Å². The number of hydrogen-bond donors (Lipinski definition) is 1. The molecule has 0 bridgehead atoms. The Hall–Kier alpha value is -0.450. The van der Waals surface area contributed by atoms with Gasteiger partial charge in [-0.15, -0.1) is 0 Å². The summed E-state index contributed by atoms with van der Waals surface area (Å²) in [5.41, 5.74) is -1.06. The standard InChI is InChI=1S/C15H27NO3/c1-14(2)12(13(18)15(3,4)19-14)9-16(5)8-10-6-11(17)7-10/h10-12,17H,6-9H2,1-5H3. The van der Waals surface area contributed by atoms with E-state index in [1.165, 1.54) is 0 Å². The second kappa shape index (κ2) is 4.83. The van der Waals surface area contributed by atoms with Crippen LogP contribution in [0, 0.1) is 11.8 Å². The number of aliphatic hydroxyl groups excluding tert-OH is 1. The van der Waals surface area contributed by atoms with E-state index in [2.05, 4.69) is 11.9 Å². The Morgan fingerprint density at radius 2 is 1.84 bits per heavy atom. The van der Waals surface area contributed by atoms with Crippen molar-refractivity contribution in [3.05, 3.63) is 0 Å². The average molecular weight is 269 g/mol. The molecular formula is C15H27NO3. The second-order valence-electron chi connectivity index (χ2n) is 7.35. The summed E-state index contributed by atoms with van der Waals surface area (Å²) in [6.07, 6.45) is 1.69. The third kappa shape index (κ3) is 3.01. The highest BCUT2D eigenvalue weighted by Crippen LogP contribution is 2.39. The minimum atomic E-state index is -0.665. The molecule has 1 saturated heterocycles. The molecule has 110 valence electrons. The van der Waals surface area contributed by atoms with Crippen LogP contribution in [0.5, 0.6) is 0 Å². The molecule has 2 aliphatic rings. The summed E-state index contributed by atoms with van der Waals surface area (Å²) >= 11 is 0. The Kier molecular flexibility index (Phi) is 3.80. The van der Waals surface area contributed by atoms with Crippen molar-refractivity contribution in [2.45, 2.75) is 57.8 Å². The number of ether oxygens (including phenoxy) is 1. The molecule has 0 aromatic rings. The van der Waals surface area contributed by atoms with Crippen LogP contribution < -0.4 is 0 Å². The summed E-state index contributed by atoms with van der Waals surface area (Å²) in [7, 11) is 2.05. The van der Waals surface area contributed by atoms with Gasteiger partial charge < -0.3 is 14.7 Å². The van der Waals surface area contributed by atoms with E-state index in [9.17, 15) is 9.90 Å². The number of nitrogens with zero attached hydrogens (tertiary/aromatic N) is 1. The summed E-state index contributed by atoms with van der Waals surface area (Å²) < 4.78 is 5.91. The predicted octanol–water partition coefficient (Wildman–Crippen LogP) is 1.46. The van der Waals surface area contributed by atoms with Gasteiger partial charge in [-0.2, -0.15) is 0 Å². The van der Waals surface area contributed by atoms with Crippen molar-refractivity contribution in [2.75, 3.05) is 20.1 Å². The number of hydrogen-bond acceptors (Lipinski definition) is 4. The van der Waals surface area contributed by atoms with Gasteiger partial charge in [0.25, 0.3) is 0 Å². The summed E-state index contributed by atoms with van der Waals surface area (Å²) in [5.74, 6) is 0.712. The van der Waals surface area contributed by atoms with Crippen molar-refractivity contribution < 1.29 is 14.6 Å². The van der Waals surface area contributed by atoms with Gasteiger partial charge in [0.1, 0.15) is 5.60 Å². The zero-order valence-corrected chi connectivity index (χ0v) is 12.8. The molecule has 4 nitrogen and oxygen atoms in total. The number of carbonyl (C=O) groups excluding carboxylic acids is 1. The first-order valence-corrected chi connectivity index (χ1v) is 7.23. The molecule has 1 N–H and O–H groups in total. The Morgan fingerprint density at radius 1 is 1.26 bits per heavy atom. The molecule has 0 radical (unpaired) electrons. The van der Waals surface area contributed by atoms with Gasteiger partial charge >= 0.3 is 0 Å². The van der Waals surface area contributed by atoms with Crippen molar-refractivity contribution in [1.82, 2.24) is 4.90 Å². The average Bonchev–Trinajstić information content (AvgIpc) is 2.34. The molecular weight excluding hydrogens is 242 g/mol. The maximum Gasteiger partial charge on any atom is 0.171 e. The Bertz CT molecular complexity index is 358. The van der Waals surface area contributed by atoms with E-state index in [0.717, 1.165) is 25.9 Å². The second-order valence-corrected chi connectivity index (χ2v) is 7.35. The maximum atomic E-state index is 12.4. The zero-order valence-electron chi connectivity index (χ0n) is 12.8.